The van der Waals surface area contributed by atoms with Crippen LogP contribution in [0.1, 0.15) is 33.6 Å². The molecule has 1 aliphatic rings. The van der Waals surface area contributed by atoms with Crippen LogP contribution in [0, 0.1) is 0 Å². The molecule has 0 aromatic rings. The van der Waals surface area contributed by atoms with Crippen molar-refractivity contribution in [2.45, 2.75) is 45.3 Å². The summed E-state index contributed by atoms with van der Waals surface area (Å²) in [6.45, 7) is 8.56. The van der Waals surface area contributed by atoms with Crippen molar-refractivity contribution in [2.75, 3.05) is 20.2 Å². The molecule has 1 fully saturated rings. The van der Waals surface area contributed by atoms with E-state index in [1.54, 1.807) is 0 Å². The monoisotopic (exact) mass is 215 g/mol. The van der Waals surface area contributed by atoms with Gasteiger partial charge in [0.05, 0.1) is 7.11 Å². The van der Waals surface area contributed by atoms with Crippen LogP contribution >= 0.6 is 0 Å². The van der Waals surface area contributed by atoms with E-state index in [0.717, 1.165) is 25.9 Å². The number of likely N-dealkylation sites (tertiary alicyclic amines) is 1. The van der Waals surface area contributed by atoms with Crippen LogP contribution in [0.25, 0.3) is 0 Å². The highest BCUT2D eigenvalue weighted by Crippen LogP contribution is 2.21. The molecule has 0 aromatic carbocycles. The Hall–Kier alpha value is -0.770. The van der Waals surface area contributed by atoms with Crippen molar-refractivity contribution in [3.63, 3.8) is 0 Å². The number of piperidine rings is 1. The SMILES string of the molecule is COC(=O)OC1CCN(C(C)(C)C)CC1. The lowest BCUT2D eigenvalue weighted by molar-refractivity contribution is -0.00595. The van der Waals surface area contributed by atoms with E-state index < -0.39 is 6.16 Å². The molecule has 88 valence electrons. The van der Waals surface area contributed by atoms with Crippen molar-refractivity contribution >= 4 is 6.16 Å². The quantitative estimate of drug-likeness (QED) is 0.627. The van der Waals surface area contributed by atoms with Crippen LogP contribution in [-0.2, 0) is 9.47 Å². The maximum absolute atomic E-state index is 10.9. The highest BCUT2D eigenvalue weighted by Gasteiger charge is 2.28. The molecule has 0 radical (unpaired) electrons. The van der Waals surface area contributed by atoms with Crippen molar-refractivity contribution in [3.8, 4) is 0 Å². The zero-order valence-corrected chi connectivity index (χ0v) is 10.1. The Morgan fingerprint density at radius 1 is 1.27 bits per heavy atom. The van der Waals surface area contributed by atoms with Crippen LogP contribution in [0.15, 0.2) is 0 Å². The maximum Gasteiger partial charge on any atom is 0.508 e. The van der Waals surface area contributed by atoms with E-state index in [-0.39, 0.29) is 11.6 Å². The third kappa shape index (κ3) is 3.70. The van der Waals surface area contributed by atoms with Gasteiger partial charge in [-0.1, -0.05) is 0 Å². The standard InChI is InChI=1S/C11H21NO3/c1-11(2,3)12-7-5-9(6-8-12)15-10(13)14-4/h9H,5-8H2,1-4H3. The Kier molecular flexibility index (Phi) is 3.97. The number of carbonyl (C=O) groups is 1. The summed E-state index contributed by atoms with van der Waals surface area (Å²) in [5, 5.41) is 0. The zero-order chi connectivity index (χ0) is 11.5. The number of hydrogen-bond acceptors (Lipinski definition) is 4. The van der Waals surface area contributed by atoms with E-state index in [0.29, 0.717) is 0 Å². The normalized spacial score (nSPS) is 20.0. The van der Waals surface area contributed by atoms with Crippen molar-refractivity contribution < 1.29 is 14.3 Å². The van der Waals surface area contributed by atoms with E-state index in [4.69, 9.17) is 4.74 Å². The highest BCUT2D eigenvalue weighted by molar-refractivity contribution is 5.59. The average Bonchev–Trinajstić information content (AvgIpc) is 2.17. The minimum absolute atomic E-state index is 0.0241. The van der Waals surface area contributed by atoms with Gasteiger partial charge in [-0.3, -0.25) is 4.90 Å². The van der Waals surface area contributed by atoms with Gasteiger partial charge in [-0.15, -0.1) is 0 Å². The molecule has 0 saturated carbocycles. The number of carbonyl (C=O) groups excluding carboxylic acids is 1. The molecule has 0 unspecified atom stereocenters. The Morgan fingerprint density at radius 3 is 2.20 bits per heavy atom. The molecule has 0 amide bonds. The first kappa shape index (κ1) is 12.3. The van der Waals surface area contributed by atoms with E-state index >= 15 is 0 Å². The smallest absolute Gasteiger partial charge is 0.438 e. The van der Waals surface area contributed by atoms with E-state index in [2.05, 4.69) is 30.4 Å². The summed E-state index contributed by atoms with van der Waals surface area (Å²) in [4.78, 5) is 13.3. The van der Waals surface area contributed by atoms with Gasteiger partial charge in [0.1, 0.15) is 6.10 Å². The minimum Gasteiger partial charge on any atom is -0.438 e. The first-order valence-corrected chi connectivity index (χ1v) is 5.43. The summed E-state index contributed by atoms with van der Waals surface area (Å²) in [5.74, 6) is 0. The second-order valence-electron chi connectivity index (χ2n) is 4.93. The Balaban J connectivity index is 2.33. The summed E-state index contributed by atoms with van der Waals surface area (Å²) >= 11 is 0. The molecule has 1 saturated heterocycles. The van der Waals surface area contributed by atoms with Crippen molar-refractivity contribution in [1.82, 2.24) is 4.90 Å². The number of methoxy groups -OCH3 is 1. The molecule has 0 spiro atoms. The largest absolute Gasteiger partial charge is 0.508 e. The Bertz CT molecular complexity index is 214. The van der Waals surface area contributed by atoms with Crippen LogP contribution in [0.5, 0.6) is 0 Å². The summed E-state index contributed by atoms with van der Waals surface area (Å²) in [6.07, 6.45) is 1.25. The summed E-state index contributed by atoms with van der Waals surface area (Å²) in [6, 6.07) is 0. The highest BCUT2D eigenvalue weighted by atomic mass is 16.7. The Labute approximate surface area is 91.5 Å². The summed E-state index contributed by atoms with van der Waals surface area (Å²) in [5.41, 5.74) is 0.205. The molecular weight excluding hydrogens is 194 g/mol. The van der Waals surface area contributed by atoms with Crippen LogP contribution < -0.4 is 0 Å². The predicted octanol–water partition coefficient (Wildman–Crippen LogP) is 2.03. The lowest BCUT2D eigenvalue weighted by atomic mass is 9.99. The number of hydrogen-bond donors (Lipinski definition) is 0. The number of rotatable bonds is 1. The zero-order valence-electron chi connectivity index (χ0n) is 10.1. The molecular formula is C11H21NO3. The maximum atomic E-state index is 10.9. The molecule has 4 nitrogen and oxygen atoms in total. The molecule has 1 rings (SSSR count). The second-order valence-corrected chi connectivity index (χ2v) is 4.93. The number of ether oxygens (including phenoxy) is 2. The number of nitrogens with zero attached hydrogens (tertiary/aromatic N) is 1. The molecule has 4 heteroatoms. The van der Waals surface area contributed by atoms with Crippen LogP contribution in [0.2, 0.25) is 0 Å². The van der Waals surface area contributed by atoms with Crippen molar-refractivity contribution in [3.05, 3.63) is 0 Å². The third-order valence-electron chi connectivity index (χ3n) is 2.82. The van der Waals surface area contributed by atoms with Gasteiger partial charge in [0.25, 0.3) is 0 Å². The lowest BCUT2D eigenvalue weighted by Crippen LogP contribution is -2.47. The average molecular weight is 215 g/mol. The van der Waals surface area contributed by atoms with Crippen LogP contribution in [-0.4, -0.2) is 42.9 Å². The van der Waals surface area contributed by atoms with Gasteiger partial charge in [0.2, 0.25) is 0 Å². The van der Waals surface area contributed by atoms with Gasteiger partial charge in [-0.25, -0.2) is 4.79 Å². The molecule has 0 N–H and O–H groups in total. The van der Waals surface area contributed by atoms with Crippen molar-refractivity contribution in [1.29, 1.82) is 0 Å². The first-order chi connectivity index (χ1) is 6.93. The van der Waals surface area contributed by atoms with Gasteiger partial charge in [0.15, 0.2) is 0 Å². The molecule has 0 atom stereocenters. The van der Waals surface area contributed by atoms with Crippen molar-refractivity contribution in [2.24, 2.45) is 0 Å². The van der Waals surface area contributed by atoms with Gasteiger partial charge in [-0.05, 0) is 33.6 Å². The molecule has 15 heavy (non-hydrogen) atoms. The van der Waals surface area contributed by atoms with Gasteiger partial charge in [-0.2, -0.15) is 0 Å². The molecule has 1 heterocycles. The summed E-state index contributed by atoms with van der Waals surface area (Å²) < 4.78 is 9.59. The molecule has 0 aliphatic carbocycles. The van der Waals surface area contributed by atoms with Crippen LogP contribution in [0.4, 0.5) is 4.79 Å². The summed E-state index contributed by atoms with van der Waals surface area (Å²) in [7, 11) is 1.34. The van der Waals surface area contributed by atoms with E-state index in [1.165, 1.54) is 7.11 Å². The van der Waals surface area contributed by atoms with E-state index in [9.17, 15) is 4.79 Å². The molecule has 1 aliphatic heterocycles. The van der Waals surface area contributed by atoms with E-state index in [1.807, 2.05) is 0 Å². The first-order valence-electron chi connectivity index (χ1n) is 5.43. The predicted molar refractivity (Wildman–Crippen MR) is 57.8 cm³/mol. The fourth-order valence-corrected chi connectivity index (χ4v) is 1.83. The van der Waals surface area contributed by atoms with Gasteiger partial charge < -0.3 is 9.47 Å². The lowest BCUT2D eigenvalue weighted by Gasteiger charge is -2.40. The molecule has 0 bridgehead atoms. The minimum atomic E-state index is -0.566. The molecule has 0 aromatic heterocycles. The second kappa shape index (κ2) is 4.84. The Morgan fingerprint density at radius 2 is 1.80 bits per heavy atom. The van der Waals surface area contributed by atoms with Crippen LogP contribution in [0.3, 0.4) is 0 Å². The fraction of sp³-hybridized carbons (Fsp3) is 0.909. The third-order valence-corrected chi connectivity index (χ3v) is 2.82. The van der Waals surface area contributed by atoms with Gasteiger partial charge >= 0.3 is 6.16 Å². The van der Waals surface area contributed by atoms with Gasteiger partial charge in [0, 0.05) is 18.6 Å². The fourth-order valence-electron chi connectivity index (χ4n) is 1.83. The topological polar surface area (TPSA) is 38.8 Å².